The summed E-state index contributed by atoms with van der Waals surface area (Å²) in [6.07, 6.45) is 1.60. The second-order valence-corrected chi connectivity index (χ2v) is 5.51. The molecule has 4 heteroatoms. The molecule has 0 amide bonds. The van der Waals surface area contributed by atoms with Crippen molar-refractivity contribution in [2.75, 3.05) is 7.11 Å². The number of benzene rings is 2. The lowest BCUT2D eigenvalue weighted by Crippen LogP contribution is -2.12. The minimum Gasteiger partial charge on any atom is -0.497 e. The first-order valence-electron chi connectivity index (χ1n) is 6.43. The van der Waals surface area contributed by atoms with E-state index in [1.807, 2.05) is 24.3 Å². The van der Waals surface area contributed by atoms with Crippen LogP contribution >= 0.6 is 15.9 Å². The van der Waals surface area contributed by atoms with Crippen molar-refractivity contribution >= 4 is 15.9 Å². The first-order chi connectivity index (χ1) is 9.60. The molecule has 2 rings (SSSR count). The minimum atomic E-state index is -0.261. The third-order valence-electron chi connectivity index (χ3n) is 3.26. The van der Waals surface area contributed by atoms with Gasteiger partial charge >= 0.3 is 0 Å². The molecule has 0 fully saturated rings. The summed E-state index contributed by atoms with van der Waals surface area (Å²) in [5.74, 6) is 0.578. The Bertz CT molecular complexity index is 571. The lowest BCUT2D eigenvalue weighted by Gasteiger charge is -2.14. The van der Waals surface area contributed by atoms with Crippen molar-refractivity contribution in [2.24, 2.45) is 5.73 Å². The zero-order valence-corrected chi connectivity index (χ0v) is 12.9. The van der Waals surface area contributed by atoms with Crippen LogP contribution in [0.4, 0.5) is 4.39 Å². The molecule has 0 spiro atoms. The van der Waals surface area contributed by atoms with Gasteiger partial charge < -0.3 is 10.5 Å². The Labute approximate surface area is 126 Å². The fourth-order valence-corrected chi connectivity index (χ4v) is 2.61. The van der Waals surface area contributed by atoms with Crippen LogP contribution in [0.15, 0.2) is 46.9 Å². The van der Waals surface area contributed by atoms with E-state index in [0.29, 0.717) is 0 Å². The van der Waals surface area contributed by atoms with Crippen LogP contribution in [-0.2, 0) is 6.42 Å². The fourth-order valence-electron chi connectivity index (χ4n) is 2.07. The SMILES string of the molecule is COc1ccc(CCC(N)c2cc(F)ccc2Br)cc1. The molecule has 2 nitrogen and oxygen atoms in total. The van der Waals surface area contributed by atoms with Gasteiger partial charge in [0.05, 0.1) is 7.11 Å². The summed E-state index contributed by atoms with van der Waals surface area (Å²) < 4.78 is 19.2. The highest BCUT2D eigenvalue weighted by molar-refractivity contribution is 9.10. The van der Waals surface area contributed by atoms with Crippen molar-refractivity contribution in [1.82, 2.24) is 0 Å². The molecule has 0 bridgehead atoms. The van der Waals surface area contributed by atoms with Gasteiger partial charge in [-0.2, -0.15) is 0 Å². The van der Waals surface area contributed by atoms with Gasteiger partial charge in [0.15, 0.2) is 0 Å². The molecule has 2 N–H and O–H groups in total. The molecule has 0 saturated heterocycles. The van der Waals surface area contributed by atoms with Gasteiger partial charge in [-0.15, -0.1) is 0 Å². The number of rotatable bonds is 5. The number of nitrogens with two attached hydrogens (primary N) is 1. The second-order valence-electron chi connectivity index (χ2n) is 4.66. The highest BCUT2D eigenvalue weighted by atomic mass is 79.9. The molecule has 0 aliphatic carbocycles. The molecule has 20 heavy (non-hydrogen) atoms. The Morgan fingerprint density at radius 3 is 2.55 bits per heavy atom. The van der Waals surface area contributed by atoms with Crippen LogP contribution in [0, 0.1) is 5.82 Å². The molecule has 2 aromatic carbocycles. The molecule has 0 radical (unpaired) electrons. The lowest BCUT2D eigenvalue weighted by molar-refractivity contribution is 0.414. The maximum Gasteiger partial charge on any atom is 0.123 e. The topological polar surface area (TPSA) is 35.2 Å². The zero-order valence-electron chi connectivity index (χ0n) is 11.3. The van der Waals surface area contributed by atoms with Gasteiger partial charge in [0.25, 0.3) is 0 Å². The van der Waals surface area contributed by atoms with E-state index >= 15 is 0 Å². The Hall–Kier alpha value is -1.39. The van der Waals surface area contributed by atoms with E-state index in [4.69, 9.17) is 10.5 Å². The predicted molar refractivity (Wildman–Crippen MR) is 82.3 cm³/mol. The lowest BCUT2D eigenvalue weighted by atomic mass is 9.99. The van der Waals surface area contributed by atoms with Crippen molar-refractivity contribution in [2.45, 2.75) is 18.9 Å². The maximum absolute atomic E-state index is 13.3. The Morgan fingerprint density at radius 1 is 1.20 bits per heavy atom. The van der Waals surface area contributed by atoms with E-state index in [-0.39, 0.29) is 11.9 Å². The van der Waals surface area contributed by atoms with Crippen LogP contribution in [0.2, 0.25) is 0 Å². The van der Waals surface area contributed by atoms with E-state index < -0.39 is 0 Å². The van der Waals surface area contributed by atoms with Gasteiger partial charge in [-0.3, -0.25) is 0 Å². The smallest absolute Gasteiger partial charge is 0.123 e. The van der Waals surface area contributed by atoms with Gasteiger partial charge in [-0.1, -0.05) is 28.1 Å². The molecule has 0 aliphatic rings. The molecule has 0 aliphatic heterocycles. The van der Waals surface area contributed by atoms with Crippen LogP contribution in [0.1, 0.15) is 23.6 Å². The van der Waals surface area contributed by atoms with Crippen molar-refractivity contribution in [3.63, 3.8) is 0 Å². The van der Waals surface area contributed by atoms with Crippen LogP contribution in [0.25, 0.3) is 0 Å². The Balaban J connectivity index is 2.00. The summed E-state index contributed by atoms with van der Waals surface area (Å²) in [6, 6.07) is 12.3. The summed E-state index contributed by atoms with van der Waals surface area (Å²) in [4.78, 5) is 0. The molecular weight excluding hydrogens is 321 g/mol. The molecule has 1 unspecified atom stereocenters. The van der Waals surface area contributed by atoms with E-state index in [9.17, 15) is 4.39 Å². The van der Waals surface area contributed by atoms with Gasteiger partial charge in [-0.25, -0.2) is 4.39 Å². The molecular formula is C16H17BrFNO. The standard InChI is InChI=1S/C16H17BrFNO/c1-20-13-6-2-11(3-7-13)4-9-16(19)14-10-12(18)5-8-15(14)17/h2-3,5-8,10,16H,4,9,19H2,1H3. The number of methoxy groups -OCH3 is 1. The number of aryl methyl sites for hydroxylation is 1. The van der Waals surface area contributed by atoms with Gasteiger partial charge in [-0.05, 0) is 54.3 Å². The molecule has 1 atom stereocenters. The van der Waals surface area contributed by atoms with Crippen molar-refractivity contribution in [3.05, 3.63) is 63.9 Å². The van der Waals surface area contributed by atoms with Crippen LogP contribution in [0.5, 0.6) is 5.75 Å². The number of ether oxygens (including phenoxy) is 1. The average Bonchev–Trinajstić information content (AvgIpc) is 2.47. The number of hydrogen-bond acceptors (Lipinski definition) is 2. The van der Waals surface area contributed by atoms with E-state index in [1.54, 1.807) is 13.2 Å². The van der Waals surface area contributed by atoms with Crippen molar-refractivity contribution in [1.29, 1.82) is 0 Å². The fraction of sp³-hybridized carbons (Fsp3) is 0.250. The van der Waals surface area contributed by atoms with Crippen LogP contribution in [-0.4, -0.2) is 7.11 Å². The van der Waals surface area contributed by atoms with E-state index in [1.165, 1.54) is 17.7 Å². The third kappa shape index (κ3) is 3.81. The first-order valence-corrected chi connectivity index (χ1v) is 7.23. The highest BCUT2D eigenvalue weighted by Gasteiger charge is 2.11. The van der Waals surface area contributed by atoms with E-state index in [0.717, 1.165) is 28.6 Å². The Morgan fingerprint density at radius 2 is 1.90 bits per heavy atom. The van der Waals surface area contributed by atoms with Crippen LogP contribution < -0.4 is 10.5 Å². The monoisotopic (exact) mass is 337 g/mol. The molecule has 0 saturated carbocycles. The summed E-state index contributed by atoms with van der Waals surface area (Å²) in [5, 5.41) is 0. The van der Waals surface area contributed by atoms with Crippen LogP contribution in [0.3, 0.4) is 0 Å². The minimum absolute atomic E-state index is 0.192. The molecule has 0 heterocycles. The van der Waals surface area contributed by atoms with Gasteiger partial charge in [0, 0.05) is 10.5 Å². The van der Waals surface area contributed by atoms with Gasteiger partial charge in [0.1, 0.15) is 11.6 Å². The molecule has 0 aromatic heterocycles. The summed E-state index contributed by atoms with van der Waals surface area (Å²) in [6.45, 7) is 0. The number of hydrogen-bond donors (Lipinski definition) is 1. The first kappa shape index (κ1) is 15.0. The maximum atomic E-state index is 13.3. The summed E-state index contributed by atoms with van der Waals surface area (Å²) in [5.41, 5.74) is 8.14. The van der Waals surface area contributed by atoms with Crippen molar-refractivity contribution < 1.29 is 9.13 Å². The average molecular weight is 338 g/mol. The zero-order chi connectivity index (χ0) is 14.5. The normalized spacial score (nSPS) is 12.2. The van der Waals surface area contributed by atoms with Crippen molar-refractivity contribution in [3.8, 4) is 5.75 Å². The predicted octanol–water partition coefficient (Wildman–Crippen LogP) is 4.23. The second kappa shape index (κ2) is 6.86. The number of halogens is 2. The largest absolute Gasteiger partial charge is 0.497 e. The summed E-state index contributed by atoms with van der Waals surface area (Å²) in [7, 11) is 1.65. The molecule has 2 aromatic rings. The molecule has 106 valence electrons. The quantitative estimate of drug-likeness (QED) is 0.886. The summed E-state index contributed by atoms with van der Waals surface area (Å²) >= 11 is 3.41. The highest BCUT2D eigenvalue weighted by Crippen LogP contribution is 2.26. The van der Waals surface area contributed by atoms with Gasteiger partial charge in [0.2, 0.25) is 0 Å². The Kier molecular flexibility index (Phi) is 5.15. The van der Waals surface area contributed by atoms with E-state index in [2.05, 4.69) is 15.9 Å². The third-order valence-corrected chi connectivity index (χ3v) is 3.98.